The Morgan fingerprint density at radius 1 is 1.47 bits per heavy atom. The van der Waals surface area contributed by atoms with Gasteiger partial charge in [-0.25, -0.2) is 0 Å². The highest BCUT2D eigenvalue weighted by Gasteiger charge is 2.30. The number of nitrogens with zero attached hydrogens (tertiary/aromatic N) is 1. The van der Waals surface area contributed by atoms with Gasteiger partial charge in [0.1, 0.15) is 5.54 Å². The third-order valence-corrected chi connectivity index (χ3v) is 2.90. The molecule has 0 fully saturated rings. The van der Waals surface area contributed by atoms with Gasteiger partial charge in [-0.3, -0.25) is 9.78 Å². The lowest BCUT2D eigenvalue weighted by Gasteiger charge is -2.25. The third-order valence-electron chi connectivity index (χ3n) is 2.90. The molecule has 0 aliphatic carbocycles. The van der Waals surface area contributed by atoms with Crippen LogP contribution in [0.15, 0.2) is 24.5 Å². The van der Waals surface area contributed by atoms with E-state index in [2.05, 4.69) is 10.3 Å². The zero-order chi connectivity index (χ0) is 12.7. The number of rotatable bonds is 7. The Morgan fingerprint density at radius 2 is 2.12 bits per heavy atom. The quantitative estimate of drug-likeness (QED) is 0.758. The molecule has 4 heteroatoms. The number of nitrogens with one attached hydrogen (secondary N) is 1. The molecule has 0 saturated carbocycles. The molecular formula is C13H20N2O2. The number of hydrogen-bond donors (Lipinski definition) is 2. The first kappa shape index (κ1) is 13.6. The summed E-state index contributed by atoms with van der Waals surface area (Å²) in [5, 5.41) is 12.3. The summed E-state index contributed by atoms with van der Waals surface area (Å²) in [6, 6.07) is 3.89. The molecule has 4 nitrogen and oxygen atoms in total. The lowest BCUT2D eigenvalue weighted by Crippen LogP contribution is -2.50. The molecule has 0 aliphatic heterocycles. The molecule has 0 amide bonds. The van der Waals surface area contributed by atoms with Crippen molar-refractivity contribution in [1.82, 2.24) is 10.3 Å². The van der Waals surface area contributed by atoms with Crippen molar-refractivity contribution in [3.63, 3.8) is 0 Å². The van der Waals surface area contributed by atoms with Crippen molar-refractivity contribution >= 4 is 5.97 Å². The van der Waals surface area contributed by atoms with Crippen LogP contribution in [-0.2, 0) is 11.2 Å². The molecule has 1 heterocycles. The predicted octanol–water partition coefficient (Wildman–Crippen LogP) is 1.86. The molecule has 0 aliphatic rings. The van der Waals surface area contributed by atoms with Crippen LogP contribution in [-0.4, -0.2) is 28.1 Å². The first-order chi connectivity index (χ1) is 8.08. The summed E-state index contributed by atoms with van der Waals surface area (Å²) >= 11 is 0. The van der Waals surface area contributed by atoms with Crippen molar-refractivity contribution in [2.24, 2.45) is 0 Å². The summed E-state index contributed by atoms with van der Waals surface area (Å²) in [6.07, 6.45) is 5.80. The molecule has 0 saturated heterocycles. The van der Waals surface area contributed by atoms with Gasteiger partial charge in [0.25, 0.3) is 0 Å². The zero-order valence-electron chi connectivity index (χ0n) is 10.4. The van der Waals surface area contributed by atoms with Crippen molar-refractivity contribution in [3.05, 3.63) is 30.1 Å². The van der Waals surface area contributed by atoms with Crippen LogP contribution in [0.1, 0.15) is 32.3 Å². The molecule has 1 aromatic heterocycles. The van der Waals surface area contributed by atoms with Gasteiger partial charge in [0.05, 0.1) is 0 Å². The second-order valence-corrected chi connectivity index (χ2v) is 4.42. The minimum Gasteiger partial charge on any atom is -0.480 e. The number of carbonyl (C=O) groups is 1. The molecule has 1 unspecified atom stereocenters. The minimum atomic E-state index is -0.818. The Balaban J connectivity index is 2.45. The summed E-state index contributed by atoms with van der Waals surface area (Å²) in [7, 11) is 0. The minimum absolute atomic E-state index is 0.638. The van der Waals surface area contributed by atoms with Gasteiger partial charge >= 0.3 is 5.97 Å². The fraction of sp³-hybridized carbons (Fsp3) is 0.538. The van der Waals surface area contributed by atoms with Gasteiger partial charge in [-0.2, -0.15) is 0 Å². The van der Waals surface area contributed by atoms with Crippen molar-refractivity contribution < 1.29 is 9.90 Å². The van der Waals surface area contributed by atoms with Crippen molar-refractivity contribution in [1.29, 1.82) is 0 Å². The zero-order valence-corrected chi connectivity index (χ0v) is 10.4. The highest BCUT2D eigenvalue weighted by Crippen LogP contribution is 2.12. The number of pyridine rings is 1. The highest BCUT2D eigenvalue weighted by molar-refractivity contribution is 5.78. The van der Waals surface area contributed by atoms with Crippen molar-refractivity contribution in [2.45, 2.75) is 38.6 Å². The van der Waals surface area contributed by atoms with Crippen LogP contribution in [0.4, 0.5) is 0 Å². The second-order valence-electron chi connectivity index (χ2n) is 4.42. The van der Waals surface area contributed by atoms with Gasteiger partial charge in [0, 0.05) is 18.9 Å². The van der Waals surface area contributed by atoms with E-state index in [-0.39, 0.29) is 0 Å². The number of carboxylic acids is 1. The number of aromatic nitrogens is 1. The van der Waals surface area contributed by atoms with E-state index in [1.54, 1.807) is 19.3 Å². The smallest absolute Gasteiger partial charge is 0.323 e. The number of aliphatic carboxylic acids is 1. The first-order valence-corrected chi connectivity index (χ1v) is 5.96. The van der Waals surface area contributed by atoms with E-state index in [1.165, 1.54) is 0 Å². The third kappa shape index (κ3) is 4.15. The average Bonchev–Trinajstić information content (AvgIpc) is 2.30. The van der Waals surface area contributed by atoms with Gasteiger partial charge < -0.3 is 10.4 Å². The van der Waals surface area contributed by atoms with Crippen molar-refractivity contribution in [3.8, 4) is 0 Å². The number of hydrogen-bond acceptors (Lipinski definition) is 3. The Morgan fingerprint density at radius 3 is 2.65 bits per heavy atom. The second kappa shape index (κ2) is 6.35. The van der Waals surface area contributed by atoms with Gasteiger partial charge in [0.2, 0.25) is 0 Å². The lowest BCUT2D eigenvalue weighted by molar-refractivity contribution is -0.144. The van der Waals surface area contributed by atoms with Gasteiger partial charge in [-0.1, -0.05) is 13.3 Å². The molecule has 17 heavy (non-hydrogen) atoms. The normalized spacial score (nSPS) is 14.2. The van der Waals surface area contributed by atoms with Crippen molar-refractivity contribution in [2.75, 3.05) is 6.54 Å². The summed E-state index contributed by atoms with van der Waals surface area (Å²) in [6.45, 7) is 4.39. The molecule has 0 bridgehead atoms. The van der Waals surface area contributed by atoms with Crippen LogP contribution in [0.25, 0.3) is 0 Å². The average molecular weight is 236 g/mol. The summed E-state index contributed by atoms with van der Waals surface area (Å²) in [5.74, 6) is -0.783. The Labute approximate surface area is 102 Å². The maximum absolute atomic E-state index is 11.2. The van der Waals surface area contributed by atoms with Gasteiger partial charge in [-0.05, 0) is 37.5 Å². The molecule has 1 atom stereocenters. The number of carboxylic acid groups (broad SMARTS) is 1. The van der Waals surface area contributed by atoms with E-state index in [1.807, 2.05) is 19.1 Å². The van der Waals surface area contributed by atoms with E-state index in [0.717, 1.165) is 18.4 Å². The van der Waals surface area contributed by atoms with E-state index in [0.29, 0.717) is 13.0 Å². The molecule has 1 aromatic rings. The maximum Gasteiger partial charge on any atom is 0.323 e. The van der Waals surface area contributed by atoms with E-state index in [9.17, 15) is 9.90 Å². The lowest BCUT2D eigenvalue weighted by atomic mass is 9.96. The van der Waals surface area contributed by atoms with E-state index < -0.39 is 11.5 Å². The first-order valence-electron chi connectivity index (χ1n) is 5.96. The van der Waals surface area contributed by atoms with Crippen LogP contribution in [0.5, 0.6) is 0 Å². The standard InChI is InChI=1S/C13H20N2O2/c1-3-7-13(2,12(16)17)15-10-6-11-4-8-14-9-5-11/h4-5,8-9,15H,3,6-7,10H2,1-2H3,(H,16,17). The van der Waals surface area contributed by atoms with Crippen LogP contribution in [0, 0.1) is 0 Å². The Kier molecular flexibility index (Phi) is 5.10. The topological polar surface area (TPSA) is 62.2 Å². The van der Waals surface area contributed by atoms with Crippen LogP contribution < -0.4 is 5.32 Å². The fourth-order valence-corrected chi connectivity index (χ4v) is 1.80. The largest absolute Gasteiger partial charge is 0.480 e. The Bertz CT molecular complexity index is 354. The van der Waals surface area contributed by atoms with E-state index >= 15 is 0 Å². The fourth-order valence-electron chi connectivity index (χ4n) is 1.80. The van der Waals surface area contributed by atoms with Gasteiger partial charge in [0.15, 0.2) is 0 Å². The van der Waals surface area contributed by atoms with Gasteiger partial charge in [-0.15, -0.1) is 0 Å². The molecule has 2 N–H and O–H groups in total. The molecule has 0 aromatic carbocycles. The van der Waals surface area contributed by atoms with Crippen LogP contribution in [0.2, 0.25) is 0 Å². The predicted molar refractivity (Wildman–Crippen MR) is 66.9 cm³/mol. The molecular weight excluding hydrogens is 216 g/mol. The van der Waals surface area contributed by atoms with E-state index in [4.69, 9.17) is 0 Å². The summed E-state index contributed by atoms with van der Waals surface area (Å²) in [5.41, 5.74) is 0.346. The molecule has 0 radical (unpaired) electrons. The molecule has 94 valence electrons. The molecule has 0 spiro atoms. The maximum atomic E-state index is 11.2. The van der Waals surface area contributed by atoms with Crippen LogP contribution >= 0.6 is 0 Å². The Hall–Kier alpha value is -1.42. The highest BCUT2D eigenvalue weighted by atomic mass is 16.4. The summed E-state index contributed by atoms with van der Waals surface area (Å²) < 4.78 is 0. The molecule has 1 rings (SSSR count). The summed E-state index contributed by atoms with van der Waals surface area (Å²) in [4.78, 5) is 15.1. The monoisotopic (exact) mass is 236 g/mol. The van der Waals surface area contributed by atoms with Crippen LogP contribution in [0.3, 0.4) is 0 Å². The SMILES string of the molecule is CCCC(C)(NCCc1ccncc1)C(=O)O.